The quantitative estimate of drug-likeness (QED) is 0.363. The van der Waals surface area contributed by atoms with Gasteiger partial charge in [0.25, 0.3) is 0 Å². The highest BCUT2D eigenvalue weighted by Crippen LogP contribution is 2.13. The number of carbonyl (C=O) groups excluding carboxylic acids is 2. The highest BCUT2D eigenvalue weighted by molar-refractivity contribution is 6.49. The van der Waals surface area contributed by atoms with Crippen LogP contribution in [0.15, 0.2) is 54.6 Å². The second-order valence-electron chi connectivity index (χ2n) is 4.27. The minimum absolute atomic E-state index is 0.388. The Morgan fingerprint density at radius 1 is 0.842 bits per heavy atom. The van der Waals surface area contributed by atoms with Crippen LogP contribution >= 0.6 is 0 Å². The largest absolute Gasteiger partial charge is 0.285 e. The lowest BCUT2D eigenvalue weighted by molar-refractivity contribution is -0.394. The molecule has 2 aromatic rings. The van der Waals surface area contributed by atoms with Gasteiger partial charge in [0.05, 0.1) is 0 Å². The minimum atomic E-state index is -0.496. The molecule has 0 saturated heterocycles. The molecule has 2 rings (SSSR count). The van der Waals surface area contributed by atoms with Gasteiger partial charge in [-0.3, -0.25) is 9.59 Å². The number of nitrogens with zero attached hydrogens (tertiary/aromatic N) is 1. The fraction of sp³-hybridized carbons (Fsp3) is 0.0625. The standard InChI is InChI=1S/C16H14NO2/c1-17(2)14-10-8-13(9-11-14)16(19)15(18)12-6-4-3-5-7-12/h3-11H,1H2,2H3/q+1. The van der Waals surface area contributed by atoms with E-state index < -0.39 is 11.6 Å². The Kier molecular flexibility index (Phi) is 3.66. The fourth-order valence-electron chi connectivity index (χ4n) is 1.72. The van der Waals surface area contributed by atoms with Crippen LogP contribution in [0.3, 0.4) is 0 Å². The molecule has 0 heterocycles. The molecule has 0 spiro atoms. The smallest absolute Gasteiger partial charge is 0.233 e. The highest BCUT2D eigenvalue weighted by atomic mass is 16.2. The van der Waals surface area contributed by atoms with Crippen molar-refractivity contribution in [3.05, 3.63) is 65.7 Å². The first-order valence-electron chi connectivity index (χ1n) is 5.88. The Balaban J connectivity index is 2.25. The third-order valence-corrected chi connectivity index (χ3v) is 2.81. The molecule has 0 atom stereocenters. The molecule has 0 fully saturated rings. The van der Waals surface area contributed by atoms with E-state index in [4.69, 9.17) is 0 Å². The maximum Gasteiger partial charge on any atom is 0.233 e. The minimum Gasteiger partial charge on any atom is -0.285 e. The lowest BCUT2D eigenvalue weighted by Gasteiger charge is -2.01. The number of Topliss-reactive ketones (excluding diaryl/α,β-unsaturated/α-hetero) is 2. The van der Waals surface area contributed by atoms with Crippen molar-refractivity contribution in [3.63, 3.8) is 0 Å². The van der Waals surface area contributed by atoms with Crippen LogP contribution in [-0.2, 0) is 0 Å². The van der Waals surface area contributed by atoms with Crippen LogP contribution in [0.5, 0.6) is 0 Å². The van der Waals surface area contributed by atoms with Gasteiger partial charge in [-0.2, -0.15) is 0 Å². The van der Waals surface area contributed by atoms with Crippen LogP contribution < -0.4 is 0 Å². The zero-order valence-corrected chi connectivity index (χ0v) is 10.7. The molecule has 0 saturated carbocycles. The monoisotopic (exact) mass is 252 g/mol. The van der Waals surface area contributed by atoms with Gasteiger partial charge in [0.2, 0.25) is 17.3 Å². The van der Waals surface area contributed by atoms with Crippen molar-refractivity contribution in [3.8, 4) is 0 Å². The third-order valence-electron chi connectivity index (χ3n) is 2.81. The van der Waals surface area contributed by atoms with E-state index in [1.807, 2.05) is 7.05 Å². The average Bonchev–Trinajstić information content (AvgIpc) is 2.46. The molecule has 19 heavy (non-hydrogen) atoms. The van der Waals surface area contributed by atoms with E-state index in [2.05, 4.69) is 6.72 Å². The number of rotatable bonds is 4. The summed E-state index contributed by atoms with van der Waals surface area (Å²) in [7, 11) is 1.81. The number of hydrogen-bond donors (Lipinski definition) is 0. The first-order chi connectivity index (χ1) is 9.09. The van der Waals surface area contributed by atoms with Crippen molar-refractivity contribution in [2.24, 2.45) is 0 Å². The Morgan fingerprint density at radius 3 is 1.79 bits per heavy atom. The molecule has 0 aliphatic rings. The summed E-state index contributed by atoms with van der Waals surface area (Å²) in [5.41, 5.74) is 1.68. The van der Waals surface area contributed by atoms with Crippen LogP contribution in [0.2, 0.25) is 0 Å². The van der Waals surface area contributed by atoms with E-state index in [0.29, 0.717) is 11.1 Å². The van der Waals surface area contributed by atoms with Crippen LogP contribution in [-0.4, -0.2) is 29.9 Å². The first-order valence-corrected chi connectivity index (χ1v) is 5.88. The van der Waals surface area contributed by atoms with E-state index in [1.54, 1.807) is 59.2 Å². The molecular formula is C16H14NO2+. The van der Waals surface area contributed by atoms with Gasteiger partial charge in [-0.15, -0.1) is 0 Å². The number of ketones is 2. The van der Waals surface area contributed by atoms with Gasteiger partial charge in [0.1, 0.15) is 13.8 Å². The second-order valence-corrected chi connectivity index (χ2v) is 4.27. The number of benzene rings is 2. The van der Waals surface area contributed by atoms with Crippen molar-refractivity contribution < 1.29 is 14.2 Å². The first kappa shape index (κ1) is 12.9. The summed E-state index contributed by atoms with van der Waals surface area (Å²) in [4.78, 5) is 24.0. The molecule has 0 aromatic heterocycles. The predicted octanol–water partition coefficient (Wildman–Crippen LogP) is 2.73. The lowest BCUT2D eigenvalue weighted by atomic mass is 10.0. The zero-order valence-electron chi connectivity index (χ0n) is 10.7. The fourth-order valence-corrected chi connectivity index (χ4v) is 1.72. The van der Waals surface area contributed by atoms with Crippen LogP contribution in [0.25, 0.3) is 0 Å². The topological polar surface area (TPSA) is 37.1 Å². The van der Waals surface area contributed by atoms with Gasteiger partial charge in [0, 0.05) is 23.3 Å². The Hall–Kier alpha value is -2.55. The molecule has 3 heteroatoms. The summed E-state index contributed by atoms with van der Waals surface area (Å²) in [6.45, 7) is 3.75. The molecular weight excluding hydrogens is 238 g/mol. The van der Waals surface area contributed by atoms with Crippen LogP contribution in [0.4, 0.5) is 5.69 Å². The van der Waals surface area contributed by atoms with Crippen LogP contribution in [0.1, 0.15) is 20.7 Å². The maximum absolute atomic E-state index is 12.0. The van der Waals surface area contributed by atoms with Gasteiger partial charge in [-0.25, -0.2) is 4.58 Å². The van der Waals surface area contributed by atoms with Gasteiger partial charge >= 0.3 is 0 Å². The van der Waals surface area contributed by atoms with Gasteiger partial charge in [0.15, 0.2) is 0 Å². The molecule has 0 radical (unpaired) electrons. The van der Waals surface area contributed by atoms with Gasteiger partial charge in [-0.05, 0) is 12.1 Å². The van der Waals surface area contributed by atoms with Gasteiger partial charge < -0.3 is 0 Å². The SMILES string of the molecule is C=[N+](C)c1ccc(C(=O)C(=O)c2ccccc2)cc1. The maximum atomic E-state index is 12.0. The molecule has 94 valence electrons. The summed E-state index contributed by atoms with van der Waals surface area (Å²) in [5, 5.41) is 0. The van der Waals surface area contributed by atoms with E-state index in [-0.39, 0.29) is 0 Å². The van der Waals surface area contributed by atoms with E-state index in [1.165, 1.54) is 0 Å². The highest BCUT2D eigenvalue weighted by Gasteiger charge is 2.18. The summed E-state index contributed by atoms with van der Waals surface area (Å²) < 4.78 is 1.69. The van der Waals surface area contributed by atoms with Crippen molar-refractivity contribution in [1.82, 2.24) is 0 Å². The van der Waals surface area contributed by atoms with Crippen molar-refractivity contribution in [1.29, 1.82) is 0 Å². The Labute approximate surface area is 111 Å². The van der Waals surface area contributed by atoms with Crippen molar-refractivity contribution >= 4 is 24.0 Å². The molecule has 0 bridgehead atoms. The predicted molar refractivity (Wildman–Crippen MR) is 74.5 cm³/mol. The van der Waals surface area contributed by atoms with Crippen LogP contribution in [0, 0.1) is 0 Å². The Morgan fingerprint density at radius 2 is 1.32 bits per heavy atom. The average molecular weight is 252 g/mol. The van der Waals surface area contributed by atoms with E-state index in [9.17, 15) is 9.59 Å². The summed E-state index contributed by atoms with van der Waals surface area (Å²) in [6.07, 6.45) is 0. The Bertz CT molecular complexity index is 628. The molecule has 2 aromatic carbocycles. The summed E-state index contributed by atoms with van der Waals surface area (Å²) >= 11 is 0. The molecule has 0 N–H and O–H groups in total. The molecule has 0 unspecified atom stereocenters. The molecule has 0 aliphatic carbocycles. The summed E-state index contributed by atoms with van der Waals surface area (Å²) in [6, 6.07) is 15.4. The molecule has 0 aliphatic heterocycles. The van der Waals surface area contributed by atoms with Gasteiger partial charge in [-0.1, -0.05) is 30.3 Å². The second kappa shape index (κ2) is 5.40. The molecule has 0 amide bonds. The third kappa shape index (κ3) is 2.83. The molecule has 3 nitrogen and oxygen atoms in total. The van der Waals surface area contributed by atoms with Crippen molar-refractivity contribution in [2.75, 3.05) is 7.05 Å². The number of carbonyl (C=O) groups is 2. The van der Waals surface area contributed by atoms with E-state index in [0.717, 1.165) is 5.69 Å². The summed E-state index contributed by atoms with van der Waals surface area (Å²) in [5.74, 6) is -0.985. The van der Waals surface area contributed by atoms with E-state index >= 15 is 0 Å². The number of hydrogen-bond acceptors (Lipinski definition) is 2. The lowest BCUT2D eigenvalue weighted by Crippen LogP contribution is -2.14. The zero-order chi connectivity index (χ0) is 13.8. The normalized spacial score (nSPS) is 9.95. The van der Waals surface area contributed by atoms with Crippen molar-refractivity contribution in [2.45, 2.75) is 0 Å².